The van der Waals surface area contributed by atoms with Gasteiger partial charge in [0.25, 0.3) is 0 Å². The first-order chi connectivity index (χ1) is 7.89. The lowest BCUT2D eigenvalue weighted by Crippen LogP contribution is -2.41. The van der Waals surface area contributed by atoms with Gasteiger partial charge < -0.3 is 10.4 Å². The molecule has 1 aromatic rings. The molecule has 1 aromatic heterocycles. The number of nitrogens with one attached hydrogen (secondary N) is 1. The van der Waals surface area contributed by atoms with Crippen LogP contribution in [0.1, 0.15) is 32.8 Å². The van der Waals surface area contributed by atoms with Crippen molar-refractivity contribution in [3.05, 3.63) is 30.1 Å². The molecule has 17 heavy (non-hydrogen) atoms. The van der Waals surface area contributed by atoms with Gasteiger partial charge in [-0.05, 0) is 23.1 Å². The van der Waals surface area contributed by atoms with Crippen LogP contribution in [0.2, 0.25) is 0 Å². The van der Waals surface area contributed by atoms with Crippen molar-refractivity contribution in [2.45, 2.75) is 39.8 Å². The van der Waals surface area contributed by atoms with Crippen molar-refractivity contribution < 1.29 is 9.90 Å². The maximum absolute atomic E-state index is 10.8. The van der Waals surface area contributed by atoms with E-state index in [1.165, 1.54) is 0 Å². The summed E-state index contributed by atoms with van der Waals surface area (Å²) < 4.78 is 0. The molecule has 1 heterocycles. The summed E-state index contributed by atoms with van der Waals surface area (Å²) in [4.78, 5) is 14.8. The van der Waals surface area contributed by atoms with E-state index in [0.29, 0.717) is 6.54 Å². The summed E-state index contributed by atoms with van der Waals surface area (Å²) in [5.74, 6) is -0.771. The summed E-state index contributed by atoms with van der Waals surface area (Å²) >= 11 is 0. The van der Waals surface area contributed by atoms with Crippen molar-refractivity contribution in [1.29, 1.82) is 0 Å². The molecular weight excluding hydrogens is 216 g/mol. The van der Waals surface area contributed by atoms with Gasteiger partial charge in [-0.2, -0.15) is 0 Å². The molecule has 1 rings (SSSR count). The average Bonchev–Trinajstić information content (AvgIpc) is 2.23. The highest BCUT2D eigenvalue weighted by molar-refractivity contribution is 5.67. The van der Waals surface area contributed by atoms with Gasteiger partial charge >= 0.3 is 5.97 Å². The molecule has 0 radical (unpaired) electrons. The number of rotatable bonds is 5. The molecule has 4 nitrogen and oxygen atoms in total. The van der Waals surface area contributed by atoms with Crippen LogP contribution in [0.5, 0.6) is 0 Å². The standard InChI is InChI=1S/C13H20N2O2/c1-13(2,3)11(8-12(16)17)15-9-10-4-6-14-7-5-10/h4-7,11,15H,8-9H2,1-3H3,(H,16,17). The number of hydrogen-bond acceptors (Lipinski definition) is 3. The predicted octanol–water partition coefficient (Wildman–Crippen LogP) is 2.06. The summed E-state index contributed by atoms with van der Waals surface area (Å²) in [6.07, 6.45) is 3.61. The van der Waals surface area contributed by atoms with Gasteiger partial charge in [-0.1, -0.05) is 20.8 Å². The van der Waals surface area contributed by atoms with Crippen LogP contribution in [0.3, 0.4) is 0 Å². The van der Waals surface area contributed by atoms with Crippen LogP contribution in [0.25, 0.3) is 0 Å². The lowest BCUT2D eigenvalue weighted by Gasteiger charge is -2.30. The number of pyridine rings is 1. The van der Waals surface area contributed by atoms with Crippen molar-refractivity contribution in [2.24, 2.45) is 5.41 Å². The Morgan fingerprint density at radius 2 is 2.00 bits per heavy atom. The fourth-order valence-electron chi connectivity index (χ4n) is 1.60. The van der Waals surface area contributed by atoms with Crippen molar-refractivity contribution in [3.8, 4) is 0 Å². The lowest BCUT2D eigenvalue weighted by atomic mass is 9.84. The van der Waals surface area contributed by atoms with E-state index in [9.17, 15) is 4.79 Å². The minimum absolute atomic E-state index is 0.0480. The normalized spacial score (nSPS) is 13.4. The third-order valence-corrected chi connectivity index (χ3v) is 2.73. The molecular formula is C13H20N2O2. The smallest absolute Gasteiger partial charge is 0.304 e. The van der Waals surface area contributed by atoms with Crippen molar-refractivity contribution in [3.63, 3.8) is 0 Å². The summed E-state index contributed by atoms with van der Waals surface area (Å²) in [5.41, 5.74) is 1.03. The number of aliphatic carboxylic acids is 1. The number of hydrogen-bond donors (Lipinski definition) is 2. The average molecular weight is 236 g/mol. The summed E-state index contributed by atoms with van der Waals surface area (Å²) in [5, 5.41) is 12.2. The molecule has 0 aliphatic rings. The fourth-order valence-corrected chi connectivity index (χ4v) is 1.60. The highest BCUT2D eigenvalue weighted by Gasteiger charge is 2.26. The Bertz CT molecular complexity index is 357. The third-order valence-electron chi connectivity index (χ3n) is 2.73. The van der Waals surface area contributed by atoms with Crippen molar-refractivity contribution in [2.75, 3.05) is 0 Å². The zero-order valence-corrected chi connectivity index (χ0v) is 10.6. The van der Waals surface area contributed by atoms with E-state index < -0.39 is 5.97 Å². The largest absolute Gasteiger partial charge is 0.481 e. The van der Waals surface area contributed by atoms with Crippen LogP contribution in [-0.4, -0.2) is 22.1 Å². The molecule has 0 aromatic carbocycles. The second-order valence-corrected chi connectivity index (χ2v) is 5.25. The molecule has 0 saturated carbocycles. The number of carbonyl (C=O) groups is 1. The first kappa shape index (κ1) is 13.6. The Kier molecular flexibility index (Phi) is 4.63. The van der Waals surface area contributed by atoms with Gasteiger partial charge in [0.2, 0.25) is 0 Å². The second-order valence-electron chi connectivity index (χ2n) is 5.25. The number of aromatic nitrogens is 1. The molecule has 0 aliphatic heterocycles. The zero-order chi connectivity index (χ0) is 12.9. The molecule has 1 unspecified atom stereocenters. The summed E-state index contributed by atoms with van der Waals surface area (Å²) in [6, 6.07) is 3.80. The van der Waals surface area contributed by atoms with Gasteiger partial charge in [0, 0.05) is 25.0 Å². The van der Waals surface area contributed by atoms with E-state index in [4.69, 9.17) is 5.11 Å². The van der Waals surface area contributed by atoms with Gasteiger partial charge in [-0.25, -0.2) is 0 Å². The monoisotopic (exact) mass is 236 g/mol. The maximum atomic E-state index is 10.8. The van der Waals surface area contributed by atoms with Crippen LogP contribution in [0, 0.1) is 5.41 Å². The van der Waals surface area contributed by atoms with Crippen molar-refractivity contribution in [1.82, 2.24) is 10.3 Å². The summed E-state index contributed by atoms with van der Waals surface area (Å²) in [6.45, 7) is 6.79. The van der Waals surface area contributed by atoms with E-state index >= 15 is 0 Å². The molecule has 4 heteroatoms. The quantitative estimate of drug-likeness (QED) is 0.821. The Balaban J connectivity index is 2.59. The van der Waals surface area contributed by atoms with Gasteiger partial charge in [0.1, 0.15) is 0 Å². The number of carboxylic acids is 1. The van der Waals surface area contributed by atoms with Gasteiger partial charge in [0.05, 0.1) is 6.42 Å². The van der Waals surface area contributed by atoms with Gasteiger partial charge in [0.15, 0.2) is 0 Å². The van der Waals surface area contributed by atoms with E-state index in [0.717, 1.165) is 5.56 Å². The maximum Gasteiger partial charge on any atom is 0.304 e. The molecule has 2 N–H and O–H groups in total. The molecule has 1 atom stereocenters. The number of carboxylic acid groups (broad SMARTS) is 1. The first-order valence-electron chi connectivity index (χ1n) is 5.73. The second kappa shape index (κ2) is 5.77. The molecule has 0 amide bonds. The van der Waals surface area contributed by atoms with Crippen LogP contribution >= 0.6 is 0 Å². The minimum atomic E-state index is -0.771. The topological polar surface area (TPSA) is 62.2 Å². The van der Waals surface area contributed by atoms with E-state index in [1.54, 1.807) is 12.4 Å². The Hall–Kier alpha value is -1.42. The Morgan fingerprint density at radius 3 is 2.47 bits per heavy atom. The summed E-state index contributed by atoms with van der Waals surface area (Å²) in [7, 11) is 0. The van der Waals surface area contributed by atoms with E-state index in [2.05, 4.69) is 10.3 Å². The third kappa shape index (κ3) is 4.95. The van der Waals surface area contributed by atoms with E-state index in [-0.39, 0.29) is 17.9 Å². The molecule has 0 bridgehead atoms. The molecule has 0 fully saturated rings. The van der Waals surface area contributed by atoms with Crippen LogP contribution in [-0.2, 0) is 11.3 Å². The molecule has 0 saturated heterocycles. The van der Waals surface area contributed by atoms with Crippen LogP contribution < -0.4 is 5.32 Å². The van der Waals surface area contributed by atoms with Gasteiger partial charge in [-0.3, -0.25) is 9.78 Å². The SMILES string of the molecule is CC(C)(C)C(CC(=O)O)NCc1ccncc1. The Morgan fingerprint density at radius 1 is 1.41 bits per heavy atom. The lowest BCUT2D eigenvalue weighted by molar-refractivity contribution is -0.138. The predicted molar refractivity (Wildman–Crippen MR) is 66.6 cm³/mol. The highest BCUT2D eigenvalue weighted by Crippen LogP contribution is 2.22. The number of nitrogens with zero attached hydrogens (tertiary/aromatic N) is 1. The van der Waals surface area contributed by atoms with E-state index in [1.807, 2.05) is 32.9 Å². The van der Waals surface area contributed by atoms with Crippen molar-refractivity contribution >= 4 is 5.97 Å². The molecule has 0 spiro atoms. The highest BCUT2D eigenvalue weighted by atomic mass is 16.4. The fraction of sp³-hybridized carbons (Fsp3) is 0.538. The Labute approximate surface area is 102 Å². The molecule has 94 valence electrons. The van der Waals surface area contributed by atoms with Crippen LogP contribution in [0.4, 0.5) is 0 Å². The van der Waals surface area contributed by atoms with Crippen LogP contribution in [0.15, 0.2) is 24.5 Å². The van der Waals surface area contributed by atoms with Gasteiger partial charge in [-0.15, -0.1) is 0 Å². The first-order valence-corrected chi connectivity index (χ1v) is 5.73. The minimum Gasteiger partial charge on any atom is -0.481 e. The molecule has 0 aliphatic carbocycles. The zero-order valence-electron chi connectivity index (χ0n) is 10.6.